The Labute approximate surface area is 113 Å². The molecule has 8 heteroatoms. The van der Waals surface area contributed by atoms with Crippen molar-refractivity contribution >= 4 is 23.5 Å². The molecule has 20 heavy (non-hydrogen) atoms. The summed E-state index contributed by atoms with van der Waals surface area (Å²) in [6.45, 7) is 0. The maximum Gasteiger partial charge on any atom is 0.160 e. The topological polar surface area (TPSA) is 85.4 Å². The van der Waals surface area contributed by atoms with Gasteiger partial charge < -0.3 is 15.9 Å². The molecule has 0 bridgehead atoms. The van der Waals surface area contributed by atoms with Crippen LogP contribution in [0.25, 0.3) is 0 Å². The van der Waals surface area contributed by atoms with Crippen molar-refractivity contribution < 1.29 is 13.6 Å². The Kier molecular flexibility index (Phi) is 4.04. The van der Waals surface area contributed by atoms with E-state index in [1.165, 1.54) is 25.7 Å². The van der Waals surface area contributed by atoms with Gasteiger partial charge in [0.05, 0.1) is 11.8 Å². The monoisotopic (exact) mass is 279 g/mol. The van der Waals surface area contributed by atoms with Crippen molar-refractivity contribution in [2.24, 2.45) is 5.16 Å². The predicted molar refractivity (Wildman–Crippen MR) is 70.7 cm³/mol. The largest absolute Gasteiger partial charge is 0.399 e. The normalized spacial score (nSPS) is 10.8. The van der Waals surface area contributed by atoms with Crippen LogP contribution in [0.15, 0.2) is 29.7 Å². The zero-order valence-electron chi connectivity index (χ0n) is 10.5. The number of hydrogen-bond donors (Lipinski definition) is 2. The molecule has 1 aromatic heterocycles. The quantitative estimate of drug-likeness (QED) is 0.661. The summed E-state index contributed by atoms with van der Waals surface area (Å²) >= 11 is 0. The summed E-state index contributed by atoms with van der Waals surface area (Å²) in [7, 11) is 1.37. The number of hydrogen-bond acceptors (Lipinski definition) is 6. The van der Waals surface area contributed by atoms with E-state index in [1.807, 2.05) is 0 Å². The SMILES string of the molecule is CON=Cc1c(N)ncnc1Nc1ccc(F)c(F)c1. The van der Waals surface area contributed by atoms with Crippen LogP contribution in [-0.4, -0.2) is 23.3 Å². The van der Waals surface area contributed by atoms with E-state index < -0.39 is 11.6 Å². The van der Waals surface area contributed by atoms with Crippen molar-refractivity contribution in [2.75, 3.05) is 18.2 Å². The predicted octanol–water partition coefficient (Wildman–Crippen LogP) is 2.06. The van der Waals surface area contributed by atoms with E-state index in [1.54, 1.807) is 0 Å². The smallest absolute Gasteiger partial charge is 0.160 e. The second-order valence-electron chi connectivity index (χ2n) is 3.69. The summed E-state index contributed by atoms with van der Waals surface area (Å²) in [6, 6.07) is 3.38. The minimum atomic E-state index is -0.968. The highest BCUT2D eigenvalue weighted by molar-refractivity contribution is 5.92. The lowest BCUT2D eigenvalue weighted by molar-refractivity contribution is 0.215. The highest BCUT2D eigenvalue weighted by Crippen LogP contribution is 2.21. The number of aromatic nitrogens is 2. The number of benzene rings is 1. The van der Waals surface area contributed by atoms with Gasteiger partial charge in [-0.25, -0.2) is 18.7 Å². The van der Waals surface area contributed by atoms with Crippen LogP contribution in [0.2, 0.25) is 0 Å². The lowest BCUT2D eigenvalue weighted by Gasteiger charge is -2.09. The van der Waals surface area contributed by atoms with Gasteiger partial charge in [-0.1, -0.05) is 5.16 Å². The van der Waals surface area contributed by atoms with E-state index in [0.29, 0.717) is 17.1 Å². The van der Waals surface area contributed by atoms with Gasteiger partial charge in [0.15, 0.2) is 11.6 Å². The number of rotatable bonds is 4. The fraction of sp³-hybridized carbons (Fsp3) is 0.0833. The van der Waals surface area contributed by atoms with Crippen LogP contribution in [0.1, 0.15) is 5.56 Å². The highest BCUT2D eigenvalue weighted by atomic mass is 19.2. The zero-order valence-corrected chi connectivity index (χ0v) is 10.5. The van der Waals surface area contributed by atoms with Crippen molar-refractivity contribution in [3.8, 4) is 0 Å². The van der Waals surface area contributed by atoms with E-state index in [-0.39, 0.29) is 5.82 Å². The molecule has 0 aliphatic rings. The first-order valence-electron chi connectivity index (χ1n) is 5.51. The molecule has 0 radical (unpaired) electrons. The number of nitrogens with two attached hydrogens (primary N) is 1. The van der Waals surface area contributed by atoms with E-state index in [2.05, 4.69) is 25.3 Å². The van der Waals surface area contributed by atoms with Gasteiger partial charge in [-0.3, -0.25) is 0 Å². The lowest BCUT2D eigenvalue weighted by atomic mass is 10.2. The second kappa shape index (κ2) is 5.91. The van der Waals surface area contributed by atoms with Crippen molar-refractivity contribution in [3.63, 3.8) is 0 Å². The van der Waals surface area contributed by atoms with E-state index in [9.17, 15) is 8.78 Å². The minimum absolute atomic E-state index is 0.172. The molecule has 104 valence electrons. The fourth-order valence-corrected chi connectivity index (χ4v) is 1.45. The molecule has 1 heterocycles. The van der Waals surface area contributed by atoms with Crippen molar-refractivity contribution in [1.29, 1.82) is 0 Å². The van der Waals surface area contributed by atoms with Crippen molar-refractivity contribution in [1.82, 2.24) is 9.97 Å². The molecule has 6 nitrogen and oxygen atoms in total. The van der Waals surface area contributed by atoms with Crippen molar-refractivity contribution in [2.45, 2.75) is 0 Å². The van der Waals surface area contributed by atoms with Gasteiger partial charge in [-0.2, -0.15) is 0 Å². The molecule has 0 fully saturated rings. The maximum absolute atomic E-state index is 13.1. The molecule has 0 amide bonds. The Morgan fingerprint density at radius 3 is 2.80 bits per heavy atom. The van der Waals surface area contributed by atoms with Gasteiger partial charge in [0, 0.05) is 11.8 Å². The van der Waals surface area contributed by atoms with Crippen LogP contribution >= 0.6 is 0 Å². The molecular weight excluding hydrogens is 268 g/mol. The molecule has 0 unspecified atom stereocenters. The molecule has 0 saturated heterocycles. The third kappa shape index (κ3) is 2.97. The molecule has 3 N–H and O–H groups in total. The molecule has 2 aromatic rings. The number of nitrogens with one attached hydrogen (secondary N) is 1. The Morgan fingerprint density at radius 2 is 2.10 bits per heavy atom. The van der Waals surface area contributed by atoms with Gasteiger partial charge in [-0.05, 0) is 12.1 Å². The summed E-state index contributed by atoms with van der Waals surface area (Å²) in [5.74, 6) is -1.43. The molecule has 0 aliphatic carbocycles. The summed E-state index contributed by atoms with van der Waals surface area (Å²) in [5, 5.41) is 6.38. The van der Waals surface area contributed by atoms with Crippen LogP contribution in [0, 0.1) is 11.6 Å². The average Bonchev–Trinajstić information content (AvgIpc) is 2.42. The molecule has 1 aromatic carbocycles. The first-order chi connectivity index (χ1) is 9.61. The molecule has 0 saturated carbocycles. The highest BCUT2D eigenvalue weighted by Gasteiger charge is 2.09. The van der Waals surface area contributed by atoms with E-state index in [4.69, 9.17) is 5.73 Å². The standard InChI is InChI=1S/C12H11F2N5O/c1-20-18-5-8-11(15)16-6-17-12(8)19-7-2-3-9(13)10(14)4-7/h2-6H,1H3,(H3,15,16,17,19). The van der Waals surface area contributed by atoms with Crippen molar-refractivity contribution in [3.05, 3.63) is 41.7 Å². The van der Waals surface area contributed by atoms with Gasteiger partial charge in [0.25, 0.3) is 0 Å². The summed E-state index contributed by atoms with van der Waals surface area (Å²) < 4.78 is 26.0. The number of halogens is 2. The second-order valence-corrected chi connectivity index (χ2v) is 3.69. The summed E-state index contributed by atoms with van der Waals surface area (Å²) in [5.41, 5.74) is 6.39. The number of nitrogens with zero attached hydrogens (tertiary/aromatic N) is 3. The summed E-state index contributed by atoms with van der Waals surface area (Å²) in [6.07, 6.45) is 2.55. The number of anilines is 3. The zero-order chi connectivity index (χ0) is 14.5. The van der Waals surface area contributed by atoms with Crippen LogP contribution < -0.4 is 11.1 Å². The molecule has 0 atom stereocenters. The molecule has 0 spiro atoms. The van der Waals surface area contributed by atoms with Crippen LogP contribution in [0.4, 0.5) is 26.1 Å². The molecular formula is C12H11F2N5O. The Balaban J connectivity index is 2.35. The van der Waals surface area contributed by atoms with Gasteiger partial charge in [-0.15, -0.1) is 0 Å². The number of oxime groups is 1. The van der Waals surface area contributed by atoms with E-state index >= 15 is 0 Å². The third-order valence-corrected chi connectivity index (χ3v) is 2.38. The summed E-state index contributed by atoms with van der Waals surface area (Å²) in [4.78, 5) is 12.3. The van der Waals surface area contributed by atoms with Gasteiger partial charge in [0.2, 0.25) is 0 Å². The fourth-order valence-electron chi connectivity index (χ4n) is 1.45. The Bertz CT molecular complexity index is 648. The average molecular weight is 279 g/mol. The third-order valence-electron chi connectivity index (χ3n) is 2.38. The van der Waals surface area contributed by atoms with Crippen LogP contribution in [0.3, 0.4) is 0 Å². The Hall–Kier alpha value is -2.77. The maximum atomic E-state index is 13.1. The Morgan fingerprint density at radius 1 is 1.30 bits per heavy atom. The molecule has 0 aliphatic heterocycles. The number of nitrogen functional groups attached to an aromatic ring is 1. The first kappa shape index (κ1) is 13.7. The molecule has 2 rings (SSSR count). The van der Waals surface area contributed by atoms with Crippen LogP contribution in [0.5, 0.6) is 0 Å². The van der Waals surface area contributed by atoms with Gasteiger partial charge in [0.1, 0.15) is 25.1 Å². The van der Waals surface area contributed by atoms with Crippen LogP contribution in [-0.2, 0) is 4.84 Å². The van der Waals surface area contributed by atoms with E-state index in [0.717, 1.165) is 12.1 Å². The minimum Gasteiger partial charge on any atom is -0.399 e. The lowest BCUT2D eigenvalue weighted by Crippen LogP contribution is -2.05. The van der Waals surface area contributed by atoms with Gasteiger partial charge >= 0.3 is 0 Å². The first-order valence-corrected chi connectivity index (χ1v) is 5.51.